The molecule has 21 heavy (non-hydrogen) atoms. The lowest BCUT2D eigenvalue weighted by Gasteiger charge is -2.21. The molecule has 1 N–H and O–H groups in total. The Balaban J connectivity index is 1.75. The minimum absolute atomic E-state index is 0.0435. The number of hydrogen-bond donors (Lipinski definition) is 1. The maximum atomic E-state index is 12.5. The van der Waals surface area contributed by atoms with Gasteiger partial charge in [-0.25, -0.2) is 4.79 Å². The Morgan fingerprint density at radius 1 is 1.38 bits per heavy atom. The summed E-state index contributed by atoms with van der Waals surface area (Å²) in [6, 6.07) is 11.8. The smallest absolute Gasteiger partial charge is 0.322 e. The second kappa shape index (κ2) is 5.70. The molecule has 0 fully saturated rings. The zero-order valence-electron chi connectivity index (χ0n) is 12.0. The predicted octanol–water partition coefficient (Wildman–Crippen LogP) is 4.80. The standard InChI is InChI=1S/C16H17ClN2OS/c1-10-9-19(13-6-4-3-5-12(10)13)16(20)18-11(2)14-7-8-15(17)21-14/h3-8,10-11H,9H2,1-2H3,(H,18,20). The van der Waals surface area contributed by atoms with Gasteiger partial charge in [0.1, 0.15) is 0 Å². The van der Waals surface area contributed by atoms with Gasteiger partial charge >= 0.3 is 6.03 Å². The van der Waals surface area contributed by atoms with Gasteiger partial charge in [0, 0.05) is 23.0 Å². The lowest BCUT2D eigenvalue weighted by Crippen LogP contribution is -2.40. The van der Waals surface area contributed by atoms with Crippen molar-refractivity contribution >= 4 is 34.7 Å². The van der Waals surface area contributed by atoms with Crippen molar-refractivity contribution in [1.82, 2.24) is 5.32 Å². The minimum atomic E-state index is -0.0520. The van der Waals surface area contributed by atoms with Crippen LogP contribution in [0, 0.1) is 0 Å². The molecule has 1 aliphatic rings. The van der Waals surface area contributed by atoms with Gasteiger partial charge in [0.05, 0.1) is 10.4 Å². The second-order valence-electron chi connectivity index (χ2n) is 5.38. The first kappa shape index (κ1) is 14.4. The molecule has 0 spiro atoms. The molecule has 2 aromatic rings. The predicted molar refractivity (Wildman–Crippen MR) is 88.5 cm³/mol. The largest absolute Gasteiger partial charge is 0.330 e. The van der Waals surface area contributed by atoms with Crippen LogP contribution in [-0.2, 0) is 0 Å². The summed E-state index contributed by atoms with van der Waals surface area (Å²) < 4.78 is 0.742. The molecule has 0 radical (unpaired) electrons. The van der Waals surface area contributed by atoms with Gasteiger partial charge in [0.2, 0.25) is 0 Å². The molecule has 1 aromatic carbocycles. The van der Waals surface area contributed by atoms with Crippen molar-refractivity contribution in [2.24, 2.45) is 0 Å². The average molecular weight is 321 g/mol. The molecular formula is C16H17ClN2OS. The van der Waals surface area contributed by atoms with Crippen molar-refractivity contribution in [3.8, 4) is 0 Å². The summed E-state index contributed by atoms with van der Waals surface area (Å²) in [4.78, 5) is 15.4. The van der Waals surface area contributed by atoms with E-state index in [4.69, 9.17) is 11.6 Å². The maximum absolute atomic E-state index is 12.5. The maximum Gasteiger partial charge on any atom is 0.322 e. The quantitative estimate of drug-likeness (QED) is 0.847. The van der Waals surface area contributed by atoms with E-state index in [1.807, 2.05) is 42.2 Å². The topological polar surface area (TPSA) is 32.3 Å². The van der Waals surface area contributed by atoms with Crippen LogP contribution in [0.1, 0.15) is 36.2 Å². The number of carbonyl (C=O) groups is 1. The number of hydrogen-bond acceptors (Lipinski definition) is 2. The van der Waals surface area contributed by atoms with Crippen LogP contribution in [0.25, 0.3) is 0 Å². The van der Waals surface area contributed by atoms with Gasteiger partial charge in [-0.1, -0.05) is 36.7 Å². The average Bonchev–Trinajstić information content (AvgIpc) is 3.04. The van der Waals surface area contributed by atoms with Crippen molar-refractivity contribution in [3.05, 3.63) is 51.2 Å². The van der Waals surface area contributed by atoms with E-state index in [9.17, 15) is 4.79 Å². The molecule has 3 nitrogen and oxygen atoms in total. The fourth-order valence-corrected chi connectivity index (χ4v) is 3.77. The van der Waals surface area contributed by atoms with Crippen molar-refractivity contribution in [2.75, 3.05) is 11.4 Å². The SMILES string of the molecule is CC1CN(C(=O)NC(C)c2ccc(Cl)s2)c2ccccc21. The van der Waals surface area contributed by atoms with Crippen molar-refractivity contribution in [1.29, 1.82) is 0 Å². The second-order valence-corrected chi connectivity index (χ2v) is 7.13. The molecule has 3 rings (SSSR count). The van der Waals surface area contributed by atoms with E-state index in [1.165, 1.54) is 16.9 Å². The van der Waals surface area contributed by atoms with Crippen LogP contribution in [0.2, 0.25) is 4.34 Å². The van der Waals surface area contributed by atoms with Crippen LogP contribution in [0.4, 0.5) is 10.5 Å². The van der Waals surface area contributed by atoms with Gasteiger partial charge in [-0.2, -0.15) is 0 Å². The van der Waals surface area contributed by atoms with Gasteiger partial charge in [0.25, 0.3) is 0 Å². The molecule has 1 aliphatic heterocycles. The molecule has 0 bridgehead atoms. The molecule has 5 heteroatoms. The van der Waals surface area contributed by atoms with Crippen LogP contribution in [-0.4, -0.2) is 12.6 Å². The summed E-state index contributed by atoms with van der Waals surface area (Å²) in [7, 11) is 0. The Hall–Kier alpha value is -1.52. The molecule has 2 heterocycles. The van der Waals surface area contributed by atoms with Gasteiger partial charge < -0.3 is 5.32 Å². The number of para-hydroxylation sites is 1. The van der Waals surface area contributed by atoms with Crippen LogP contribution in [0.3, 0.4) is 0 Å². The molecule has 110 valence electrons. The molecule has 2 amide bonds. The van der Waals surface area contributed by atoms with E-state index in [0.717, 1.165) is 21.4 Å². The zero-order chi connectivity index (χ0) is 15.0. The normalized spacial score (nSPS) is 18.4. The Morgan fingerprint density at radius 2 is 2.14 bits per heavy atom. The van der Waals surface area contributed by atoms with Gasteiger partial charge in [0.15, 0.2) is 0 Å². The molecule has 1 aromatic heterocycles. The fraction of sp³-hybridized carbons (Fsp3) is 0.312. The molecule has 2 unspecified atom stereocenters. The number of rotatable bonds is 2. The molecule has 0 aliphatic carbocycles. The summed E-state index contributed by atoms with van der Waals surface area (Å²) in [5.74, 6) is 0.374. The van der Waals surface area contributed by atoms with Gasteiger partial charge in [-0.05, 0) is 30.7 Å². The van der Waals surface area contributed by atoms with Crippen LogP contribution < -0.4 is 10.2 Å². The van der Waals surface area contributed by atoms with Crippen LogP contribution >= 0.6 is 22.9 Å². The molecular weight excluding hydrogens is 304 g/mol. The number of anilines is 1. The first-order valence-electron chi connectivity index (χ1n) is 6.98. The molecule has 0 saturated heterocycles. The highest BCUT2D eigenvalue weighted by molar-refractivity contribution is 7.16. The number of thiophene rings is 1. The Bertz CT molecular complexity index is 670. The first-order chi connectivity index (χ1) is 10.1. The fourth-order valence-electron chi connectivity index (χ4n) is 2.71. The van der Waals surface area contributed by atoms with Crippen molar-refractivity contribution in [3.63, 3.8) is 0 Å². The van der Waals surface area contributed by atoms with Gasteiger partial charge in [-0.15, -0.1) is 11.3 Å². The van der Waals surface area contributed by atoms with Crippen LogP contribution in [0.5, 0.6) is 0 Å². The van der Waals surface area contributed by atoms with E-state index in [1.54, 1.807) is 0 Å². The van der Waals surface area contributed by atoms with Crippen LogP contribution in [0.15, 0.2) is 36.4 Å². The summed E-state index contributed by atoms with van der Waals surface area (Å²) in [5, 5.41) is 3.05. The van der Waals surface area contributed by atoms with Crippen molar-refractivity contribution in [2.45, 2.75) is 25.8 Å². The van der Waals surface area contributed by atoms with E-state index >= 15 is 0 Å². The number of nitrogens with zero attached hydrogens (tertiary/aromatic N) is 1. The van der Waals surface area contributed by atoms with Crippen molar-refractivity contribution < 1.29 is 4.79 Å². The third kappa shape index (κ3) is 2.78. The third-order valence-electron chi connectivity index (χ3n) is 3.82. The highest BCUT2D eigenvalue weighted by Crippen LogP contribution is 2.36. The lowest BCUT2D eigenvalue weighted by molar-refractivity contribution is 0.244. The number of nitrogens with one attached hydrogen (secondary N) is 1. The molecule has 0 saturated carbocycles. The highest BCUT2D eigenvalue weighted by atomic mass is 35.5. The van der Waals surface area contributed by atoms with E-state index in [0.29, 0.717) is 5.92 Å². The summed E-state index contributed by atoms with van der Waals surface area (Å²) in [6.45, 7) is 4.85. The molecule has 2 atom stereocenters. The number of fused-ring (bicyclic) bond motifs is 1. The zero-order valence-corrected chi connectivity index (χ0v) is 13.5. The van der Waals surface area contributed by atoms with E-state index in [-0.39, 0.29) is 12.1 Å². The van der Waals surface area contributed by atoms with E-state index < -0.39 is 0 Å². The summed E-state index contributed by atoms with van der Waals surface area (Å²) >= 11 is 7.45. The Labute approximate surface area is 133 Å². The lowest BCUT2D eigenvalue weighted by atomic mass is 10.0. The van der Waals surface area contributed by atoms with Gasteiger partial charge in [-0.3, -0.25) is 4.90 Å². The minimum Gasteiger partial charge on any atom is -0.330 e. The Morgan fingerprint density at radius 3 is 2.86 bits per heavy atom. The number of amides is 2. The summed E-state index contributed by atoms with van der Waals surface area (Å²) in [5.41, 5.74) is 2.25. The number of benzene rings is 1. The number of halogens is 1. The van der Waals surface area contributed by atoms with E-state index in [2.05, 4.69) is 18.3 Å². The highest BCUT2D eigenvalue weighted by Gasteiger charge is 2.30. The third-order valence-corrected chi connectivity index (χ3v) is 5.23. The number of carbonyl (C=O) groups excluding carboxylic acids is 1. The Kier molecular flexibility index (Phi) is 3.91. The first-order valence-corrected chi connectivity index (χ1v) is 8.18. The monoisotopic (exact) mass is 320 g/mol. The summed E-state index contributed by atoms with van der Waals surface area (Å²) in [6.07, 6.45) is 0. The number of urea groups is 1.